The topological polar surface area (TPSA) is 137 Å². The van der Waals surface area contributed by atoms with Crippen molar-refractivity contribution in [2.75, 3.05) is 6.16 Å². The average Bonchev–Trinajstić information content (AvgIpc) is 2.28. The van der Waals surface area contributed by atoms with Crippen LogP contribution in [0.1, 0.15) is 20.3 Å². The van der Waals surface area contributed by atoms with Crippen LogP contribution in [0.4, 0.5) is 0 Å². The van der Waals surface area contributed by atoms with Crippen molar-refractivity contribution in [3.05, 3.63) is 0 Å². The van der Waals surface area contributed by atoms with Gasteiger partial charge < -0.3 is 34.6 Å². The van der Waals surface area contributed by atoms with E-state index in [2.05, 4.69) is 0 Å². The molecular formula is C10H21O8P. The highest BCUT2D eigenvalue weighted by Crippen LogP contribution is 2.44. The first-order chi connectivity index (χ1) is 8.64. The number of rotatable bonds is 5. The zero-order valence-electron chi connectivity index (χ0n) is 10.8. The van der Waals surface area contributed by atoms with Gasteiger partial charge in [0, 0.05) is 0 Å². The molecule has 0 aromatic heterocycles. The molecule has 0 bridgehead atoms. The molecule has 1 heterocycles. The second kappa shape index (κ2) is 6.60. The fourth-order valence-electron chi connectivity index (χ4n) is 1.84. The molecule has 1 fully saturated rings. The summed E-state index contributed by atoms with van der Waals surface area (Å²) in [5, 5.41) is 37.7. The van der Waals surface area contributed by atoms with Gasteiger partial charge in [-0.2, -0.15) is 0 Å². The summed E-state index contributed by atoms with van der Waals surface area (Å²) in [5.74, 6) is 0. The van der Waals surface area contributed by atoms with E-state index in [0.717, 1.165) is 0 Å². The summed E-state index contributed by atoms with van der Waals surface area (Å²) < 4.78 is 21.4. The van der Waals surface area contributed by atoms with Gasteiger partial charge >= 0.3 is 7.60 Å². The zero-order chi connectivity index (χ0) is 14.8. The Labute approximate surface area is 111 Å². The van der Waals surface area contributed by atoms with E-state index in [1.54, 1.807) is 13.8 Å². The van der Waals surface area contributed by atoms with Gasteiger partial charge in [0.25, 0.3) is 0 Å². The molecule has 1 saturated heterocycles. The Morgan fingerprint density at radius 2 is 1.74 bits per heavy atom. The van der Waals surface area contributed by atoms with Gasteiger partial charge in [0.05, 0.1) is 18.4 Å². The fraction of sp³-hybridized carbons (Fsp3) is 1.00. The molecule has 0 saturated carbocycles. The Morgan fingerprint density at radius 1 is 1.16 bits per heavy atom. The Kier molecular flexibility index (Phi) is 5.91. The molecule has 5 N–H and O–H groups in total. The van der Waals surface area contributed by atoms with E-state index < -0.39 is 44.4 Å². The van der Waals surface area contributed by atoms with Gasteiger partial charge in [-0.05, 0) is 20.3 Å². The van der Waals surface area contributed by atoms with E-state index in [9.17, 15) is 29.9 Å². The summed E-state index contributed by atoms with van der Waals surface area (Å²) in [7, 11) is -3.81. The van der Waals surface area contributed by atoms with E-state index in [4.69, 9.17) is 9.26 Å². The largest absolute Gasteiger partial charge is 0.388 e. The molecular weight excluding hydrogens is 279 g/mol. The SMILES string of the molecule is CC(C)OP(=O)(O)CC[C@H]1O[C@H](O)[C@@H](O)[C@@H](O)[C@@H]1O. The first kappa shape index (κ1) is 17.0. The van der Waals surface area contributed by atoms with Crippen molar-refractivity contribution in [3.8, 4) is 0 Å². The molecule has 1 aliphatic rings. The van der Waals surface area contributed by atoms with Crippen LogP contribution in [0, 0.1) is 0 Å². The highest BCUT2D eigenvalue weighted by atomic mass is 31.2. The van der Waals surface area contributed by atoms with E-state index >= 15 is 0 Å². The molecule has 1 rings (SSSR count). The Hall–Kier alpha value is -0.0500. The summed E-state index contributed by atoms with van der Waals surface area (Å²) >= 11 is 0. The number of ether oxygens (including phenoxy) is 1. The summed E-state index contributed by atoms with van der Waals surface area (Å²) in [6, 6.07) is 0. The second-order valence-corrected chi connectivity index (χ2v) is 6.77. The molecule has 19 heavy (non-hydrogen) atoms. The van der Waals surface area contributed by atoms with Crippen molar-refractivity contribution >= 4 is 7.60 Å². The molecule has 1 unspecified atom stereocenters. The molecule has 6 atom stereocenters. The fourth-order valence-corrected chi connectivity index (χ4v) is 3.19. The van der Waals surface area contributed by atoms with Crippen LogP contribution in [-0.2, 0) is 13.8 Å². The van der Waals surface area contributed by atoms with Crippen LogP contribution in [0.5, 0.6) is 0 Å². The second-order valence-electron chi connectivity index (χ2n) is 4.84. The minimum atomic E-state index is -3.81. The molecule has 0 aliphatic carbocycles. The van der Waals surface area contributed by atoms with Gasteiger partial charge in [0.15, 0.2) is 6.29 Å². The monoisotopic (exact) mass is 300 g/mol. The van der Waals surface area contributed by atoms with E-state index in [-0.39, 0.29) is 12.6 Å². The molecule has 1 aliphatic heterocycles. The van der Waals surface area contributed by atoms with Crippen LogP contribution < -0.4 is 0 Å². The van der Waals surface area contributed by atoms with Crippen LogP contribution in [0.2, 0.25) is 0 Å². The number of hydrogen-bond acceptors (Lipinski definition) is 7. The summed E-state index contributed by atoms with van der Waals surface area (Å²) in [4.78, 5) is 9.51. The van der Waals surface area contributed by atoms with Gasteiger partial charge in [-0.1, -0.05) is 0 Å². The minimum absolute atomic E-state index is 0.0947. The van der Waals surface area contributed by atoms with Crippen molar-refractivity contribution in [2.45, 2.75) is 57.1 Å². The molecule has 9 heteroatoms. The lowest BCUT2D eigenvalue weighted by Crippen LogP contribution is -2.57. The highest BCUT2D eigenvalue weighted by Gasteiger charge is 2.43. The standard InChI is InChI=1S/C10H21O8P/c1-5(2)18-19(15,16)4-3-6-7(11)8(12)9(13)10(14)17-6/h5-14H,3-4H2,1-2H3,(H,15,16)/t6-,7-,8+,9+,10+/m1/s1. The van der Waals surface area contributed by atoms with Crippen molar-refractivity contribution in [2.24, 2.45) is 0 Å². The highest BCUT2D eigenvalue weighted by molar-refractivity contribution is 7.52. The third-order valence-electron chi connectivity index (χ3n) is 2.76. The smallest absolute Gasteiger partial charge is 0.328 e. The van der Waals surface area contributed by atoms with Gasteiger partial charge in [0.2, 0.25) is 0 Å². The van der Waals surface area contributed by atoms with Crippen LogP contribution in [-0.4, -0.2) is 68.3 Å². The first-order valence-electron chi connectivity index (χ1n) is 6.02. The third-order valence-corrected chi connectivity index (χ3v) is 4.33. The number of hydrogen-bond donors (Lipinski definition) is 5. The molecule has 0 amide bonds. The molecule has 0 spiro atoms. The zero-order valence-corrected chi connectivity index (χ0v) is 11.7. The molecule has 114 valence electrons. The summed E-state index contributed by atoms with van der Waals surface area (Å²) in [5.41, 5.74) is 0. The molecule has 8 nitrogen and oxygen atoms in total. The van der Waals surface area contributed by atoms with E-state index in [1.165, 1.54) is 0 Å². The third kappa shape index (κ3) is 4.77. The maximum absolute atomic E-state index is 11.6. The maximum atomic E-state index is 11.6. The van der Waals surface area contributed by atoms with E-state index in [0.29, 0.717) is 0 Å². The summed E-state index contributed by atoms with van der Waals surface area (Å²) in [6.07, 6.45) is -8.14. The van der Waals surface area contributed by atoms with Crippen molar-refractivity contribution in [1.29, 1.82) is 0 Å². The van der Waals surface area contributed by atoms with Gasteiger partial charge in [-0.15, -0.1) is 0 Å². The lowest BCUT2D eigenvalue weighted by molar-refractivity contribution is -0.281. The normalized spacial score (nSPS) is 39.3. The first-order valence-corrected chi connectivity index (χ1v) is 7.78. The van der Waals surface area contributed by atoms with Crippen LogP contribution in [0.15, 0.2) is 0 Å². The predicted octanol–water partition coefficient (Wildman–Crippen LogP) is -1.21. The van der Waals surface area contributed by atoms with Crippen molar-refractivity contribution < 1.29 is 39.1 Å². The Morgan fingerprint density at radius 3 is 2.26 bits per heavy atom. The van der Waals surface area contributed by atoms with E-state index in [1.807, 2.05) is 0 Å². The van der Waals surface area contributed by atoms with Crippen molar-refractivity contribution in [3.63, 3.8) is 0 Å². The minimum Gasteiger partial charge on any atom is -0.388 e. The Balaban J connectivity index is 2.55. The Bertz CT molecular complexity index is 335. The lowest BCUT2D eigenvalue weighted by atomic mass is 9.97. The quantitative estimate of drug-likeness (QED) is 0.399. The number of aliphatic hydroxyl groups excluding tert-OH is 4. The van der Waals surface area contributed by atoms with Gasteiger partial charge in [0.1, 0.15) is 18.3 Å². The molecule has 0 aromatic carbocycles. The number of aliphatic hydroxyl groups is 4. The lowest BCUT2D eigenvalue weighted by Gasteiger charge is -2.38. The predicted molar refractivity (Wildman–Crippen MR) is 64.4 cm³/mol. The average molecular weight is 300 g/mol. The van der Waals surface area contributed by atoms with Crippen LogP contribution >= 0.6 is 7.60 Å². The van der Waals surface area contributed by atoms with Crippen molar-refractivity contribution in [1.82, 2.24) is 0 Å². The maximum Gasteiger partial charge on any atom is 0.328 e. The summed E-state index contributed by atoms with van der Waals surface area (Å²) in [6.45, 7) is 3.22. The van der Waals surface area contributed by atoms with Gasteiger partial charge in [-0.3, -0.25) is 4.57 Å². The van der Waals surface area contributed by atoms with Gasteiger partial charge in [-0.25, -0.2) is 0 Å². The van der Waals surface area contributed by atoms with Crippen LogP contribution in [0.3, 0.4) is 0 Å². The molecule has 0 aromatic rings. The van der Waals surface area contributed by atoms with Crippen LogP contribution in [0.25, 0.3) is 0 Å². The molecule has 0 radical (unpaired) electrons.